The zero-order valence-corrected chi connectivity index (χ0v) is 6.30. The average molecular weight is 175 g/mol. The summed E-state index contributed by atoms with van der Waals surface area (Å²) >= 11 is 0. The second-order valence-electron chi connectivity index (χ2n) is 0. The predicted molar refractivity (Wildman–Crippen MR) is 20.8 cm³/mol. The largest absolute Gasteiger partial charge is 0.197 e. The molecule has 1 radical (unpaired) electrons. The molecular weight excluding hydrogens is 171 g/mol. The number of hydrogen-bond donors (Lipinski definition) is 0. The van der Waals surface area contributed by atoms with Crippen LogP contribution < -0.4 is 0 Å². The molecule has 0 bridgehead atoms. The summed E-state index contributed by atoms with van der Waals surface area (Å²) in [5, 5.41) is 0. The molecule has 0 aliphatic heterocycles. The molecule has 4 heavy (non-hydrogen) atoms. The summed E-state index contributed by atoms with van der Waals surface area (Å²) < 4.78 is 0. The molecule has 0 rings (SSSR count). The Morgan fingerprint density at radius 1 is 0.750 bits per heavy atom. The molecule has 0 fully saturated rings. The summed E-state index contributed by atoms with van der Waals surface area (Å²) in [6.07, 6.45) is 0. The average Bonchev–Trinajstić information content (AvgIpc) is 0. The van der Waals surface area contributed by atoms with Gasteiger partial charge in [-0.2, -0.15) is 27.0 Å². The third-order valence-corrected chi connectivity index (χ3v) is 0. The van der Waals surface area contributed by atoms with Gasteiger partial charge in [-0.25, -0.2) is 0 Å². The predicted octanol–water partition coefficient (Wildman–Crippen LogP) is 0.221. The molecule has 0 aromatic heterocycles. The van der Waals surface area contributed by atoms with E-state index in [0.717, 1.165) is 0 Å². The number of hydrogen-bond acceptors (Lipinski definition) is 0. The third kappa shape index (κ3) is 9.19. The molecule has 0 N–H and O–H groups in total. The molecule has 4 heteroatoms. The maximum atomic E-state index is 0. The van der Waals surface area contributed by atoms with Crippen LogP contribution in [0.1, 0.15) is 0 Å². The first-order valence-corrected chi connectivity index (χ1v) is 0. The van der Waals surface area contributed by atoms with Crippen LogP contribution in [0.5, 0.6) is 0 Å². The summed E-state index contributed by atoms with van der Waals surface area (Å²) in [6.45, 7) is 0. The van der Waals surface area contributed by atoms with Gasteiger partial charge in [0.1, 0.15) is 0 Å². The van der Waals surface area contributed by atoms with Crippen molar-refractivity contribution in [3.63, 3.8) is 0 Å². The van der Waals surface area contributed by atoms with Gasteiger partial charge in [0.05, 0.1) is 0 Å². The maximum Gasteiger partial charge on any atom is 0 e. The summed E-state index contributed by atoms with van der Waals surface area (Å²) in [5.74, 6) is 0. The minimum Gasteiger partial charge on any atom is -0.197 e. The van der Waals surface area contributed by atoms with Crippen LogP contribution in [-0.2, 0) is 35.6 Å². The van der Waals surface area contributed by atoms with Crippen molar-refractivity contribution in [2.24, 2.45) is 0 Å². The van der Waals surface area contributed by atoms with Gasteiger partial charge >= 0.3 is 0 Å². The quantitative estimate of drug-likeness (QED) is 0.462. The Bertz CT molecular complexity index is 6.00. The Balaban J connectivity index is 0. The van der Waals surface area contributed by atoms with Gasteiger partial charge in [0.15, 0.2) is 0 Å². The van der Waals surface area contributed by atoms with Crippen LogP contribution in [-0.4, -0.2) is 0 Å². The molecule has 0 aromatic rings. The molecule has 0 spiro atoms. The molecule has 0 aromatic carbocycles. The molecule has 0 nitrogen and oxygen atoms in total. The van der Waals surface area contributed by atoms with Crippen LogP contribution in [0, 0.1) is 0 Å². The Labute approximate surface area is 62.4 Å². The zero-order valence-electron chi connectivity index (χ0n) is 1.80. The van der Waals surface area contributed by atoms with Gasteiger partial charge in [-0.05, 0) is 0 Å². The minimum atomic E-state index is 0. The Hall–Kier alpha value is 1.80. The summed E-state index contributed by atoms with van der Waals surface area (Å²) in [7, 11) is 0. The van der Waals surface area contributed by atoms with E-state index in [2.05, 4.69) is 0 Å². The van der Waals surface area contributed by atoms with Crippen molar-refractivity contribution in [2.45, 2.75) is 0 Å². The van der Waals surface area contributed by atoms with Gasteiger partial charge in [0.25, 0.3) is 0 Å². The van der Waals surface area contributed by atoms with Crippen LogP contribution in [0.25, 0.3) is 0 Å². The van der Waals surface area contributed by atoms with Crippen molar-refractivity contribution in [1.82, 2.24) is 0 Å². The molecule has 0 aliphatic carbocycles. The molecule has 29 valence electrons. The summed E-state index contributed by atoms with van der Waals surface area (Å²) in [5.41, 5.74) is 0. The second kappa shape index (κ2) is 21.4. The Morgan fingerprint density at radius 2 is 0.750 bits per heavy atom. The van der Waals surface area contributed by atoms with E-state index < -0.39 is 0 Å². The summed E-state index contributed by atoms with van der Waals surface area (Å²) in [4.78, 5) is 0. The van der Waals surface area contributed by atoms with Gasteiger partial charge in [0, 0.05) is 35.6 Å². The zero-order chi connectivity index (χ0) is 0. The Morgan fingerprint density at radius 3 is 0.750 bits per heavy atom. The third-order valence-electron chi connectivity index (χ3n) is 0. The molecule has 0 saturated carbocycles. The van der Waals surface area contributed by atoms with Crippen molar-refractivity contribution in [3.8, 4) is 0 Å². The van der Waals surface area contributed by atoms with Crippen molar-refractivity contribution < 1.29 is 35.6 Å². The van der Waals surface area contributed by atoms with Crippen LogP contribution in [0.3, 0.4) is 0 Å². The van der Waals surface area contributed by atoms with Crippen LogP contribution in [0.15, 0.2) is 0 Å². The molecule has 0 heterocycles. The molecule has 0 amide bonds. The van der Waals surface area contributed by atoms with E-state index in [0.29, 0.717) is 0 Å². The fraction of sp³-hybridized carbons (Fsp3) is 0. The topological polar surface area (TPSA) is 0 Å². The SMILES string of the molecule is S.S.[Fe].[V]. The second-order valence-corrected chi connectivity index (χ2v) is 0. The van der Waals surface area contributed by atoms with Crippen LogP contribution in [0.4, 0.5) is 0 Å². The fourth-order valence-electron chi connectivity index (χ4n) is 0. The Kier molecular flexibility index (Phi) is 220. The molecule has 0 saturated heterocycles. The summed E-state index contributed by atoms with van der Waals surface area (Å²) in [6, 6.07) is 0. The van der Waals surface area contributed by atoms with Gasteiger partial charge in [-0.3, -0.25) is 0 Å². The van der Waals surface area contributed by atoms with E-state index in [4.69, 9.17) is 0 Å². The van der Waals surface area contributed by atoms with Crippen molar-refractivity contribution in [3.05, 3.63) is 0 Å². The fourth-order valence-corrected chi connectivity index (χ4v) is 0. The normalized spacial score (nSPS) is 0. The monoisotopic (exact) mass is 175 g/mol. The van der Waals surface area contributed by atoms with Gasteiger partial charge < -0.3 is 0 Å². The van der Waals surface area contributed by atoms with Gasteiger partial charge in [-0.1, -0.05) is 0 Å². The van der Waals surface area contributed by atoms with Crippen molar-refractivity contribution in [2.75, 3.05) is 0 Å². The van der Waals surface area contributed by atoms with Crippen LogP contribution in [0.2, 0.25) is 0 Å². The van der Waals surface area contributed by atoms with E-state index in [-0.39, 0.29) is 62.6 Å². The maximum absolute atomic E-state index is 0. The van der Waals surface area contributed by atoms with E-state index in [9.17, 15) is 0 Å². The smallest absolute Gasteiger partial charge is 0 e. The van der Waals surface area contributed by atoms with E-state index in [1.807, 2.05) is 0 Å². The molecule has 0 unspecified atom stereocenters. The van der Waals surface area contributed by atoms with Gasteiger partial charge in [0.2, 0.25) is 0 Å². The first-order valence-electron chi connectivity index (χ1n) is 0. The molecule has 0 atom stereocenters. The van der Waals surface area contributed by atoms with Crippen molar-refractivity contribution in [1.29, 1.82) is 0 Å². The molecular formula is H4FeS2V. The standard InChI is InChI=1S/Fe.2H2S.V/h;2*1H2;. The van der Waals surface area contributed by atoms with Crippen molar-refractivity contribution >= 4 is 27.0 Å². The first-order chi connectivity index (χ1) is 0. The molecule has 0 aliphatic rings. The number of rotatable bonds is 0. The van der Waals surface area contributed by atoms with E-state index in [1.54, 1.807) is 0 Å². The van der Waals surface area contributed by atoms with Crippen LogP contribution >= 0.6 is 27.0 Å². The van der Waals surface area contributed by atoms with E-state index >= 15 is 0 Å². The van der Waals surface area contributed by atoms with E-state index in [1.165, 1.54) is 0 Å². The first kappa shape index (κ1) is 41.2. The minimum absolute atomic E-state index is 0. The van der Waals surface area contributed by atoms with Gasteiger partial charge in [-0.15, -0.1) is 0 Å².